The highest BCUT2D eigenvalue weighted by Crippen LogP contribution is 2.16. The number of hydrogen-bond acceptors (Lipinski definition) is 0. The summed E-state index contributed by atoms with van der Waals surface area (Å²) >= 11 is 3.65. The molecule has 84 valence electrons. The number of rotatable bonds is 6. The van der Waals surface area contributed by atoms with Crippen LogP contribution >= 0.6 is 15.9 Å². The van der Waals surface area contributed by atoms with Gasteiger partial charge in [0.1, 0.15) is 5.82 Å². The third kappa shape index (κ3) is 5.31. The van der Waals surface area contributed by atoms with Crippen LogP contribution in [0.1, 0.15) is 38.2 Å². The second kappa shape index (κ2) is 7.00. The van der Waals surface area contributed by atoms with Gasteiger partial charge < -0.3 is 0 Å². The van der Waals surface area contributed by atoms with Crippen LogP contribution in [0.15, 0.2) is 24.3 Å². The van der Waals surface area contributed by atoms with Crippen molar-refractivity contribution < 1.29 is 4.39 Å². The standard InChI is InChI=1S/C13H18BrF/c1-2-5-12(14)8-3-6-11-7-4-9-13(15)10-11/h4,7,9-10,12H,2-3,5-6,8H2,1H3. The third-order valence-corrected chi connectivity index (χ3v) is 3.39. The zero-order valence-electron chi connectivity index (χ0n) is 9.18. The number of benzene rings is 1. The van der Waals surface area contributed by atoms with Gasteiger partial charge in [-0.25, -0.2) is 4.39 Å². The van der Waals surface area contributed by atoms with Crippen LogP contribution in [-0.2, 0) is 6.42 Å². The van der Waals surface area contributed by atoms with Gasteiger partial charge in [-0.15, -0.1) is 0 Å². The maximum atomic E-state index is 12.9. The van der Waals surface area contributed by atoms with Gasteiger partial charge in [-0.3, -0.25) is 0 Å². The monoisotopic (exact) mass is 272 g/mol. The largest absolute Gasteiger partial charge is 0.207 e. The molecule has 0 aliphatic rings. The maximum absolute atomic E-state index is 12.9. The van der Waals surface area contributed by atoms with Crippen LogP contribution in [0.25, 0.3) is 0 Å². The lowest BCUT2D eigenvalue weighted by atomic mass is 10.1. The van der Waals surface area contributed by atoms with Gasteiger partial charge in [0.15, 0.2) is 0 Å². The molecule has 15 heavy (non-hydrogen) atoms. The van der Waals surface area contributed by atoms with E-state index in [1.807, 2.05) is 6.07 Å². The van der Waals surface area contributed by atoms with E-state index in [1.54, 1.807) is 12.1 Å². The van der Waals surface area contributed by atoms with E-state index in [0.717, 1.165) is 18.4 Å². The van der Waals surface area contributed by atoms with E-state index in [0.29, 0.717) is 4.83 Å². The van der Waals surface area contributed by atoms with E-state index in [-0.39, 0.29) is 5.82 Å². The second-order valence-corrected chi connectivity index (χ2v) is 5.20. The maximum Gasteiger partial charge on any atom is 0.123 e. The first-order chi connectivity index (χ1) is 7.22. The molecule has 0 fully saturated rings. The molecule has 0 saturated heterocycles. The quantitative estimate of drug-likeness (QED) is 0.658. The molecule has 0 aliphatic carbocycles. The zero-order chi connectivity index (χ0) is 11.1. The van der Waals surface area contributed by atoms with Crippen molar-refractivity contribution in [3.8, 4) is 0 Å². The molecular weight excluding hydrogens is 255 g/mol. The molecule has 0 aromatic heterocycles. The average molecular weight is 273 g/mol. The molecule has 2 heteroatoms. The van der Waals surface area contributed by atoms with Gasteiger partial charge >= 0.3 is 0 Å². The number of alkyl halides is 1. The summed E-state index contributed by atoms with van der Waals surface area (Å²) in [6, 6.07) is 6.89. The van der Waals surface area contributed by atoms with Crippen molar-refractivity contribution >= 4 is 15.9 Å². The van der Waals surface area contributed by atoms with Gasteiger partial charge in [0.05, 0.1) is 0 Å². The van der Waals surface area contributed by atoms with Crippen LogP contribution in [0.5, 0.6) is 0 Å². The number of hydrogen-bond donors (Lipinski definition) is 0. The van der Waals surface area contributed by atoms with E-state index in [9.17, 15) is 4.39 Å². The Balaban J connectivity index is 2.25. The summed E-state index contributed by atoms with van der Waals surface area (Å²) in [4.78, 5) is 0.621. The molecule has 0 amide bonds. The van der Waals surface area contributed by atoms with Gasteiger partial charge in [-0.05, 0) is 43.4 Å². The lowest BCUT2D eigenvalue weighted by molar-refractivity contribution is 0.620. The zero-order valence-corrected chi connectivity index (χ0v) is 10.8. The normalized spacial score (nSPS) is 12.7. The van der Waals surface area contributed by atoms with Crippen molar-refractivity contribution in [1.29, 1.82) is 0 Å². The Kier molecular flexibility index (Phi) is 5.92. The first-order valence-corrected chi connectivity index (χ1v) is 6.52. The smallest absolute Gasteiger partial charge is 0.123 e. The molecule has 0 saturated carbocycles. The van der Waals surface area contributed by atoms with E-state index >= 15 is 0 Å². The summed E-state index contributed by atoms with van der Waals surface area (Å²) < 4.78 is 12.9. The lowest BCUT2D eigenvalue weighted by Crippen LogP contribution is -1.98. The lowest BCUT2D eigenvalue weighted by Gasteiger charge is -2.07. The molecule has 0 radical (unpaired) electrons. The molecule has 0 bridgehead atoms. The summed E-state index contributed by atoms with van der Waals surface area (Å²) in [6.45, 7) is 2.20. The highest BCUT2D eigenvalue weighted by atomic mass is 79.9. The highest BCUT2D eigenvalue weighted by molar-refractivity contribution is 9.09. The Morgan fingerprint density at radius 3 is 2.80 bits per heavy atom. The van der Waals surface area contributed by atoms with Crippen molar-refractivity contribution in [3.05, 3.63) is 35.6 Å². The Morgan fingerprint density at radius 2 is 2.13 bits per heavy atom. The van der Waals surface area contributed by atoms with Crippen LogP contribution in [0.3, 0.4) is 0 Å². The fourth-order valence-electron chi connectivity index (χ4n) is 1.68. The van der Waals surface area contributed by atoms with Crippen LogP contribution in [0, 0.1) is 5.82 Å². The highest BCUT2D eigenvalue weighted by Gasteiger charge is 2.02. The topological polar surface area (TPSA) is 0 Å². The predicted octanol–water partition coefficient (Wildman–Crippen LogP) is 4.71. The third-order valence-electron chi connectivity index (χ3n) is 2.47. The molecule has 1 rings (SSSR count). The minimum Gasteiger partial charge on any atom is -0.207 e. The van der Waals surface area contributed by atoms with Crippen molar-refractivity contribution in [1.82, 2.24) is 0 Å². The first-order valence-electron chi connectivity index (χ1n) is 5.61. The van der Waals surface area contributed by atoms with Crippen molar-refractivity contribution in [2.75, 3.05) is 0 Å². The van der Waals surface area contributed by atoms with Crippen LogP contribution in [0.2, 0.25) is 0 Å². The molecule has 0 nitrogen and oxygen atoms in total. The average Bonchev–Trinajstić information content (AvgIpc) is 2.18. The Morgan fingerprint density at radius 1 is 1.33 bits per heavy atom. The number of halogens is 2. The van der Waals surface area contributed by atoms with Crippen LogP contribution in [-0.4, -0.2) is 4.83 Å². The molecule has 1 aromatic carbocycles. The summed E-state index contributed by atoms with van der Waals surface area (Å²) in [7, 11) is 0. The van der Waals surface area contributed by atoms with Crippen molar-refractivity contribution in [3.63, 3.8) is 0 Å². The fraction of sp³-hybridized carbons (Fsp3) is 0.538. The minimum absolute atomic E-state index is 0.128. The fourth-order valence-corrected chi connectivity index (χ4v) is 2.46. The summed E-state index contributed by atoms with van der Waals surface area (Å²) in [5.41, 5.74) is 1.10. The molecule has 1 atom stereocenters. The molecule has 0 heterocycles. The van der Waals surface area contributed by atoms with Crippen LogP contribution < -0.4 is 0 Å². The van der Waals surface area contributed by atoms with Gasteiger partial charge in [-0.1, -0.05) is 41.4 Å². The Bertz CT molecular complexity index is 286. The molecule has 0 aliphatic heterocycles. The van der Waals surface area contributed by atoms with Gasteiger partial charge in [0, 0.05) is 4.83 Å². The van der Waals surface area contributed by atoms with E-state index in [1.165, 1.54) is 25.3 Å². The van der Waals surface area contributed by atoms with E-state index < -0.39 is 0 Å². The number of aryl methyl sites for hydroxylation is 1. The van der Waals surface area contributed by atoms with Gasteiger partial charge in [0.2, 0.25) is 0 Å². The SMILES string of the molecule is CCCC(Br)CCCc1cccc(F)c1. The Labute approximate surface area is 100 Å². The van der Waals surface area contributed by atoms with E-state index in [4.69, 9.17) is 0 Å². The summed E-state index contributed by atoms with van der Waals surface area (Å²) in [5, 5.41) is 0. The molecule has 0 N–H and O–H groups in total. The van der Waals surface area contributed by atoms with Gasteiger partial charge in [-0.2, -0.15) is 0 Å². The predicted molar refractivity (Wildman–Crippen MR) is 67.0 cm³/mol. The Hall–Kier alpha value is -0.370. The molecular formula is C13H18BrF. The molecule has 0 spiro atoms. The minimum atomic E-state index is -0.128. The summed E-state index contributed by atoms with van der Waals surface area (Å²) in [5.74, 6) is -0.128. The van der Waals surface area contributed by atoms with E-state index in [2.05, 4.69) is 22.9 Å². The van der Waals surface area contributed by atoms with Crippen molar-refractivity contribution in [2.24, 2.45) is 0 Å². The molecule has 1 aromatic rings. The van der Waals surface area contributed by atoms with Crippen molar-refractivity contribution in [2.45, 2.75) is 43.9 Å². The van der Waals surface area contributed by atoms with Gasteiger partial charge in [0.25, 0.3) is 0 Å². The summed E-state index contributed by atoms with van der Waals surface area (Å²) in [6.07, 6.45) is 5.71. The van der Waals surface area contributed by atoms with Crippen LogP contribution in [0.4, 0.5) is 4.39 Å². The first kappa shape index (κ1) is 12.7. The molecule has 1 unspecified atom stereocenters. The second-order valence-electron chi connectivity index (χ2n) is 3.91.